The summed E-state index contributed by atoms with van der Waals surface area (Å²) in [7, 11) is 0. The largest absolute Gasteiger partial charge is 0.493 e. The number of nitrogens with zero attached hydrogens (tertiary/aromatic N) is 1. The fourth-order valence-corrected chi connectivity index (χ4v) is 3.00. The van der Waals surface area contributed by atoms with E-state index in [-0.39, 0.29) is 24.0 Å². The van der Waals surface area contributed by atoms with Gasteiger partial charge in [0.25, 0.3) is 0 Å². The van der Waals surface area contributed by atoms with Crippen LogP contribution in [0.2, 0.25) is 0 Å². The first-order chi connectivity index (χ1) is 12.3. The molecule has 0 saturated heterocycles. The number of halogens is 1. The average Bonchev–Trinajstić information content (AvgIpc) is 3.10. The van der Waals surface area contributed by atoms with Gasteiger partial charge in [0.15, 0.2) is 5.96 Å². The molecule has 0 amide bonds. The highest BCUT2D eigenvalue weighted by molar-refractivity contribution is 14.0. The first kappa shape index (κ1) is 20.6. The van der Waals surface area contributed by atoms with Crippen LogP contribution in [0.25, 0.3) is 0 Å². The van der Waals surface area contributed by atoms with Crippen molar-refractivity contribution >= 4 is 29.9 Å². The second-order valence-electron chi connectivity index (χ2n) is 6.21. The maximum absolute atomic E-state index is 5.56. The summed E-state index contributed by atoms with van der Waals surface area (Å²) in [6.45, 7) is 5.43. The fourth-order valence-electron chi connectivity index (χ4n) is 3.00. The molecule has 140 valence electrons. The van der Waals surface area contributed by atoms with Crippen molar-refractivity contribution in [3.63, 3.8) is 0 Å². The SMILES string of the molecule is CCNC(=NCCc1ccccc1)NCCc1ccc2c(c1)CCO2.I. The molecule has 1 aliphatic rings. The van der Waals surface area contributed by atoms with Crippen LogP contribution in [0.15, 0.2) is 53.5 Å². The molecule has 1 aliphatic heterocycles. The molecule has 0 fully saturated rings. The third-order valence-electron chi connectivity index (χ3n) is 4.32. The lowest BCUT2D eigenvalue weighted by molar-refractivity contribution is 0.357. The summed E-state index contributed by atoms with van der Waals surface area (Å²) in [5.41, 5.74) is 4.00. The summed E-state index contributed by atoms with van der Waals surface area (Å²) in [6.07, 6.45) is 2.97. The van der Waals surface area contributed by atoms with Gasteiger partial charge in [-0.15, -0.1) is 24.0 Å². The van der Waals surface area contributed by atoms with Gasteiger partial charge in [0.05, 0.1) is 6.61 Å². The van der Waals surface area contributed by atoms with Crippen molar-refractivity contribution < 1.29 is 4.74 Å². The van der Waals surface area contributed by atoms with E-state index in [2.05, 4.69) is 65.0 Å². The maximum atomic E-state index is 5.56. The molecule has 0 aliphatic carbocycles. The Morgan fingerprint density at radius 3 is 2.69 bits per heavy atom. The molecule has 0 radical (unpaired) electrons. The molecule has 0 atom stereocenters. The van der Waals surface area contributed by atoms with Gasteiger partial charge < -0.3 is 15.4 Å². The van der Waals surface area contributed by atoms with Gasteiger partial charge in [0.1, 0.15) is 5.75 Å². The molecule has 0 spiro atoms. The molecule has 2 N–H and O–H groups in total. The number of aliphatic imine (C=N–C) groups is 1. The third-order valence-corrected chi connectivity index (χ3v) is 4.32. The number of ether oxygens (including phenoxy) is 1. The fraction of sp³-hybridized carbons (Fsp3) is 0.381. The highest BCUT2D eigenvalue weighted by atomic mass is 127. The lowest BCUT2D eigenvalue weighted by Crippen LogP contribution is -2.38. The van der Waals surface area contributed by atoms with Crippen molar-refractivity contribution in [1.82, 2.24) is 10.6 Å². The monoisotopic (exact) mass is 465 g/mol. The number of hydrogen-bond acceptors (Lipinski definition) is 2. The normalized spacial score (nSPS) is 12.7. The van der Waals surface area contributed by atoms with Crippen LogP contribution < -0.4 is 15.4 Å². The van der Waals surface area contributed by atoms with E-state index in [4.69, 9.17) is 4.74 Å². The van der Waals surface area contributed by atoms with Crippen molar-refractivity contribution in [2.24, 2.45) is 4.99 Å². The van der Waals surface area contributed by atoms with Crippen molar-refractivity contribution in [3.05, 3.63) is 65.2 Å². The van der Waals surface area contributed by atoms with Gasteiger partial charge in [-0.05, 0) is 42.5 Å². The molecule has 3 rings (SSSR count). The second kappa shape index (κ2) is 11.1. The number of fused-ring (bicyclic) bond motifs is 1. The van der Waals surface area contributed by atoms with Gasteiger partial charge in [0, 0.05) is 26.1 Å². The van der Waals surface area contributed by atoms with Crippen LogP contribution in [-0.2, 0) is 19.3 Å². The molecule has 4 nitrogen and oxygen atoms in total. The standard InChI is InChI=1S/C21H27N3O.HI/c1-2-22-21(23-13-10-17-6-4-3-5-7-17)24-14-11-18-8-9-20-19(16-18)12-15-25-20;/h3-9,16H,2,10-15H2,1H3,(H2,22,23,24);1H. The zero-order valence-corrected chi connectivity index (χ0v) is 17.7. The maximum Gasteiger partial charge on any atom is 0.191 e. The number of hydrogen-bond donors (Lipinski definition) is 2. The Morgan fingerprint density at radius 2 is 1.88 bits per heavy atom. The van der Waals surface area contributed by atoms with E-state index in [0.29, 0.717) is 0 Å². The molecule has 0 saturated carbocycles. The van der Waals surface area contributed by atoms with E-state index in [1.54, 1.807) is 0 Å². The molecular formula is C21H28IN3O. The Bertz CT molecular complexity index is 704. The topological polar surface area (TPSA) is 45.7 Å². The summed E-state index contributed by atoms with van der Waals surface area (Å²) < 4.78 is 5.56. The summed E-state index contributed by atoms with van der Waals surface area (Å²) >= 11 is 0. The number of benzene rings is 2. The highest BCUT2D eigenvalue weighted by Crippen LogP contribution is 2.25. The van der Waals surface area contributed by atoms with Gasteiger partial charge >= 0.3 is 0 Å². The summed E-state index contributed by atoms with van der Waals surface area (Å²) in [5.74, 6) is 1.94. The lowest BCUT2D eigenvalue weighted by Gasteiger charge is -2.11. The number of guanidine groups is 1. The molecule has 26 heavy (non-hydrogen) atoms. The van der Waals surface area contributed by atoms with E-state index >= 15 is 0 Å². The molecule has 0 bridgehead atoms. The van der Waals surface area contributed by atoms with E-state index in [1.807, 2.05) is 6.07 Å². The van der Waals surface area contributed by atoms with Crippen LogP contribution in [0.4, 0.5) is 0 Å². The Kier molecular flexibility index (Phi) is 8.74. The van der Waals surface area contributed by atoms with E-state index in [0.717, 1.165) is 57.2 Å². The minimum atomic E-state index is 0. The van der Waals surface area contributed by atoms with Crippen LogP contribution in [-0.4, -0.2) is 32.2 Å². The second-order valence-corrected chi connectivity index (χ2v) is 6.21. The molecule has 2 aromatic rings. The van der Waals surface area contributed by atoms with Crippen LogP contribution in [0.3, 0.4) is 0 Å². The minimum absolute atomic E-state index is 0. The Labute approximate surface area is 173 Å². The predicted octanol–water partition coefficient (Wildman–Crippen LogP) is 3.58. The summed E-state index contributed by atoms with van der Waals surface area (Å²) in [4.78, 5) is 4.67. The zero-order chi connectivity index (χ0) is 17.3. The van der Waals surface area contributed by atoms with Crippen LogP contribution in [0.5, 0.6) is 5.75 Å². The van der Waals surface area contributed by atoms with E-state index in [1.165, 1.54) is 16.7 Å². The highest BCUT2D eigenvalue weighted by Gasteiger charge is 2.11. The Morgan fingerprint density at radius 1 is 1.04 bits per heavy atom. The number of rotatable bonds is 7. The molecule has 1 heterocycles. The minimum Gasteiger partial charge on any atom is -0.493 e. The first-order valence-corrected chi connectivity index (χ1v) is 9.16. The predicted molar refractivity (Wildman–Crippen MR) is 119 cm³/mol. The van der Waals surface area contributed by atoms with Gasteiger partial charge in [-0.25, -0.2) is 0 Å². The Balaban J connectivity index is 0.00000243. The van der Waals surface area contributed by atoms with Gasteiger partial charge in [0.2, 0.25) is 0 Å². The first-order valence-electron chi connectivity index (χ1n) is 9.16. The lowest BCUT2D eigenvalue weighted by atomic mass is 10.1. The van der Waals surface area contributed by atoms with Crippen LogP contribution in [0, 0.1) is 0 Å². The van der Waals surface area contributed by atoms with Crippen molar-refractivity contribution in [1.29, 1.82) is 0 Å². The van der Waals surface area contributed by atoms with Crippen LogP contribution in [0.1, 0.15) is 23.6 Å². The zero-order valence-electron chi connectivity index (χ0n) is 15.3. The Hall–Kier alpha value is -1.76. The molecule has 0 aromatic heterocycles. The molecule has 0 unspecified atom stereocenters. The van der Waals surface area contributed by atoms with Crippen molar-refractivity contribution in [2.45, 2.75) is 26.2 Å². The molecule has 5 heteroatoms. The van der Waals surface area contributed by atoms with Crippen molar-refractivity contribution in [3.8, 4) is 5.75 Å². The van der Waals surface area contributed by atoms with E-state index in [9.17, 15) is 0 Å². The quantitative estimate of drug-likeness (QED) is 0.374. The van der Waals surface area contributed by atoms with Gasteiger partial charge in [-0.3, -0.25) is 4.99 Å². The van der Waals surface area contributed by atoms with E-state index < -0.39 is 0 Å². The number of nitrogens with one attached hydrogen (secondary N) is 2. The third kappa shape index (κ3) is 6.20. The smallest absolute Gasteiger partial charge is 0.191 e. The summed E-state index contributed by atoms with van der Waals surface area (Å²) in [5, 5.41) is 6.75. The summed E-state index contributed by atoms with van der Waals surface area (Å²) in [6, 6.07) is 17.0. The average molecular weight is 465 g/mol. The van der Waals surface area contributed by atoms with Gasteiger partial charge in [-0.1, -0.05) is 42.5 Å². The van der Waals surface area contributed by atoms with Crippen molar-refractivity contribution in [2.75, 3.05) is 26.2 Å². The molecular weight excluding hydrogens is 437 g/mol. The van der Waals surface area contributed by atoms with Gasteiger partial charge in [-0.2, -0.15) is 0 Å². The van der Waals surface area contributed by atoms with Crippen LogP contribution >= 0.6 is 24.0 Å². The molecule has 2 aromatic carbocycles.